The molecule has 5 heteroatoms. The molecular weight excluding hydrogens is 432 g/mol. The highest BCUT2D eigenvalue weighted by Crippen LogP contribution is 2.61. The summed E-state index contributed by atoms with van der Waals surface area (Å²) in [5, 5.41) is 6.60. The molecule has 0 unspecified atom stereocenters. The Labute approximate surface area is 191 Å². The topological polar surface area (TPSA) is 29.1 Å². The third-order valence-corrected chi connectivity index (χ3v) is 9.37. The lowest BCUT2D eigenvalue weighted by Crippen LogP contribution is -3.00. The van der Waals surface area contributed by atoms with Crippen LogP contribution in [0, 0.1) is 5.41 Å². The fourth-order valence-corrected chi connectivity index (χ4v) is 7.80. The van der Waals surface area contributed by atoms with Gasteiger partial charge in [0.2, 0.25) is 5.91 Å². The molecular formula is C25H26Cl2NOP. The van der Waals surface area contributed by atoms with Crippen LogP contribution in [0.2, 0.25) is 0 Å². The highest BCUT2D eigenvalue weighted by Gasteiger charge is 2.51. The van der Waals surface area contributed by atoms with Crippen molar-refractivity contribution in [1.29, 1.82) is 0 Å². The zero-order valence-corrected chi connectivity index (χ0v) is 19.8. The van der Waals surface area contributed by atoms with Crippen LogP contribution in [-0.4, -0.2) is 5.91 Å². The summed E-state index contributed by atoms with van der Waals surface area (Å²) in [6.07, 6.45) is 0. The Hall–Kier alpha value is -2.12. The fourth-order valence-electron chi connectivity index (χ4n) is 3.31. The molecule has 3 aromatic rings. The van der Waals surface area contributed by atoms with E-state index in [1.165, 1.54) is 0 Å². The standard InChI is InChI=1S/C25H25ClNOP.ClH/c1-25(2,3)24(28)27-23(19-26)29(20-13-7-4-8-14-20,21-15-9-5-10-16-21)22-17-11-6-12-18-22;/h4-19H,1-3H3;1H/b23-19-;. The summed E-state index contributed by atoms with van der Waals surface area (Å²) in [4.78, 5) is 13.0. The van der Waals surface area contributed by atoms with Crippen LogP contribution >= 0.6 is 18.9 Å². The highest BCUT2D eigenvalue weighted by molar-refractivity contribution is 7.99. The van der Waals surface area contributed by atoms with Crippen LogP contribution in [0.3, 0.4) is 0 Å². The molecule has 1 N–H and O–H groups in total. The molecule has 156 valence electrons. The lowest BCUT2D eigenvalue weighted by atomic mass is 9.96. The summed E-state index contributed by atoms with van der Waals surface area (Å²) in [7, 11) is -2.39. The van der Waals surface area contributed by atoms with E-state index in [4.69, 9.17) is 11.6 Å². The third kappa shape index (κ3) is 4.78. The molecule has 0 bridgehead atoms. The van der Waals surface area contributed by atoms with Crippen LogP contribution in [0.4, 0.5) is 0 Å². The van der Waals surface area contributed by atoms with E-state index in [1.54, 1.807) is 5.54 Å². The third-order valence-electron chi connectivity index (χ3n) is 4.82. The SMILES string of the molecule is CC(C)(C)C(=O)N/C(=C/Cl)[P+](c1ccccc1)(c1ccccc1)c1ccccc1.[Cl-]. The van der Waals surface area contributed by atoms with Gasteiger partial charge in [-0.2, -0.15) is 0 Å². The van der Waals surface area contributed by atoms with Crippen molar-refractivity contribution in [1.82, 2.24) is 5.32 Å². The molecule has 2 nitrogen and oxygen atoms in total. The van der Waals surface area contributed by atoms with E-state index in [2.05, 4.69) is 41.7 Å². The molecule has 0 aliphatic rings. The Morgan fingerprint density at radius 1 is 0.767 bits per heavy atom. The average Bonchev–Trinajstić information content (AvgIpc) is 2.75. The number of benzene rings is 3. The van der Waals surface area contributed by atoms with E-state index < -0.39 is 12.7 Å². The number of hydrogen-bond donors (Lipinski definition) is 1. The normalized spacial score (nSPS) is 12.1. The number of carbonyl (C=O) groups is 1. The van der Waals surface area contributed by atoms with Crippen LogP contribution in [0.15, 0.2) is 102 Å². The maximum absolute atomic E-state index is 13.0. The highest BCUT2D eigenvalue weighted by atomic mass is 35.5. The smallest absolute Gasteiger partial charge is 0.232 e. The van der Waals surface area contributed by atoms with Gasteiger partial charge in [-0.25, -0.2) is 0 Å². The number of hydrogen-bond acceptors (Lipinski definition) is 1. The van der Waals surface area contributed by atoms with E-state index in [0.717, 1.165) is 21.4 Å². The van der Waals surface area contributed by atoms with Crippen LogP contribution in [0.5, 0.6) is 0 Å². The summed E-state index contributed by atoms with van der Waals surface area (Å²) in [5.74, 6) is -0.0587. The first-order valence-electron chi connectivity index (χ1n) is 9.59. The lowest BCUT2D eigenvalue weighted by molar-refractivity contribution is -0.127. The van der Waals surface area contributed by atoms with Gasteiger partial charge in [0.1, 0.15) is 15.9 Å². The monoisotopic (exact) mass is 457 g/mol. The van der Waals surface area contributed by atoms with Crippen molar-refractivity contribution in [2.75, 3.05) is 0 Å². The van der Waals surface area contributed by atoms with Gasteiger partial charge in [-0.15, -0.1) is 0 Å². The largest absolute Gasteiger partial charge is 1.00 e. The average molecular weight is 458 g/mol. The first-order chi connectivity index (χ1) is 13.9. The summed E-state index contributed by atoms with van der Waals surface area (Å²) >= 11 is 6.45. The van der Waals surface area contributed by atoms with Gasteiger partial charge in [-0.1, -0.05) is 87.0 Å². The zero-order chi connectivity index (χ0) is 20.9. The van der Waals surface area contributed by atoms with Gasteiger partial charge in [-0.05, 0) is 36.4 Å². The quantitative estimate of drug-likeness (QED) is 0.584. The Balaban J connectivity index is 0.00000320. The summed E-state index contributed by atoms with van der Waals surface area (Å²) in [6.45, 7) is 5.71. The molecule has 1 amide bonds. The van der Waals surface area contributed by atoms with Crippen molar-refractivity contribution in [3.63, 3.8) is 0 Å². The van der Waals surface area contributed by atoms with Crippen LogP contribution in [0.1, 0.15) is 20.8 Å². The van der Waals surface area contributed by atoms with Gasteiger partial charge in [0.05, 0.1) is 5.54 Å². The predicted molar refractivity (Wildman–Crippen MR) is 127 cm³/mol. The van der Waals surface area contributed by atoms with Gasteiger partial charge in [0, 0.05) is 5.41 Å². The first kappa shape index (κ1) is 24.2. The molecule has 3 rings (SSSR count). The molecule has 30 heavy (non-hydrogen) atoms. The molecule has 3 aromatic carbocycles. The molecule has 0 atom stereocenters. The second-order valence-electron chi connectivity index (χ2n) is 7.88. The number of rotatable bonds is 5. The molecule has 0 aliphatic heterocycles. The van der Waals surface area contributed by atoms with Gasteiger partial charge in [0.15, 0.2) is 12.7 Å². The number of nitrogens with one attached hydrogen (secondary N) is 1. The number of halogens is 2. The minimum Gasteiger partial charge on any atom is -1.00 e. The molecule has 0 saturated heterocycles. The van der Waals surface area contributed by atoms with Gasteiger partial charge in [-0.3, -0.25) is 10.1 Å². The van der Waals surface area contributed by atoms with Crippen LogP contribution in [0.25, 0.3) is 0 Å². The number of carbonyl (C=O) groups excluding carboxylic acids is 1. The van der Waals surface area contributed by atoms with Crippen molar-refractivity contribution < 1.29 is 17.2 Å². The maximum Gasteiger partial charge on any atom is 0.232 e. The van der Waals surface area contributed by atoms with Crippen molar-refractivity contribution in [3.05, 3.63) is 102 Å². The van der Waals surface area contributed by atoms with Crippen LogP contribution in [-0.2, 0) is 4.79 Å². The second-order valence-corrected chi connectivity index (χ2v) is 11.5. The maximum atomic E-state index is 13.0. The molecule has 0 aliphatic carbocycles. The van der Waals surface area contributed by atoms with Crippen molar-refractivity contribution in [2.24, 2.45) is 5.41 Å². The van der Waals surface area contributed by atoms with Gasteiger partial charge in [0.25, 0.3) is 0 Å². The van der Waals surface area contributed by atoms with Gasteiger partial charge < -0.3 is 12.4 Å². The van der Waals surface area contributed by atoms with E-state index in [9.17, 15) is 4.79 Å². The molecule has 0 radical (unpaired) electrons. The van der Waals surface area contributed by atoms with E-state index in [-0.39, 0.29) is 18.3 Å². The van der Waals surface area contributed by atoms with Crippen molar-refractivity contribution in [2.45, 2.75) is 20.8 Å². The van der Waals surface area contributed by atoms with E-state index >= 15 is 0 Å². The molecule has 0 fully saturated rings. The minimum atomic E-state index is -2.39. The van der Waals surface area contributed by atoms with Crippen LogP contribution < -0.4 is 33.6 Å². The minimum absolute atomic E-state index is 0. The van der Waals surface area contributed by atoms with E-state index in [0.29, 0.717) is 0 Å². The summed E-state index contributed by atoms with van der Waals surface area (Å²) < 4.78 is 0. The Morgan fingerprint density at radius 2 is 1.10 bits per heavy atom. The number of amides is 1. The summed E-state index contributed by atoms with van der Waals surface area (Å²) in [6, 6.07) is 31.0. The Kier molecular flexibility index (Phi) is 8.26. The fraction of sp³-hybridized carbons (Fsp3) is 0.160. The molecule has 0 heterocycles. The lowest BCUT2D eigenvalue weighted by Gasteiger charge is -2.30. The van der Waals surface area contributed by atoms with Crippen molar-refractivity contribution >= 4 is 40.7 Å². The van der Waals surface area contributed by atoms with E-state index in [1.807, 2.05) is 75.4 Å². The predicted octanol–water partition coefficient (Wildman–Crippen LogP) is 2.18. The first-order valence-corrected chi connectivity index (χ1v) is 11.8. The van der Waals surface area contributed by atoms with Crippen molar-refractivity contribution in [3.8, 4) is 0 Å². The zero-order valence-electron chi connectivity index (χ0n) is 17.3. The molecule has 0 spiro atoms. The summed E-state index contributed by atoms with van der Waals surface area (Å²) in [5.41, 5.74) is 1.75. The Bertz CT molecular complexity index is 887. The molecule has 0 saturated carbocycles. The molecule has 0 aromatic heterocycles. The second kappa shape index (κ2) is 10.3. The van der Waals surface area contributed by atoms with Gasteiger partial charge >= 0.3 is 0 Å². The Morgan fingerprint density at radius 3 is 1.37 bits per heavy atom.